The molecule has 3 nitrogen and oxygen atoms in total. The van der Waals surface area contributed by atoms with Crippen LogP contribution in [0.2, 0.25) is 0 Å². The average molecular weight is 350 g/mol. The van der Waals surface area contributed by atoms with Crippen LogP contribution in [0.5, 0.6) is 11.5 Å². The van der Waals surface area contributed by atoms with E-state index in [1.54, 1.807) is 7.11 Å². The van der Waals surface area contributed by atoms with Gasteiger partial charge in [0.25, 0.3) is 0 Å². The summed E-state index contributed by atoms with van der Waals surface area (Å²) in [7, 11) is 1.70. The van der Waals surface area contributed by atoms with Crippen LogP contribution in [0.1, 0.15) is 18.5 Å². The molecule has 0 amide bonds. The van der Waals surface area contributed by atoms with Crippen molar-refractivity contribution in [3.63, 3.8) is 0 Å². The summed E-state index contributed by atoms with van der Waals surface area (Å²) in [6.07, 6.45) is 0. The first-order valence-electron chi connectivity index (χ1n) is 6.95. The molecular formula is C17H20BrNO2. The summed E-state index contributed by atoms with van der Waals surface area (Å²) in [6, 6.07) is 16.1. The van der Waals surface area contributed by atoms with Gasteiger partial charge in [0.2, 0.25) is 0 Å². The molecule has 0 heterocycles. The summed E-state index contributed by atoms with van der Waals surface area (Å²) in [5.74, 6) is 1.78. The van der Waals surface area contributed by atoms with Gasteiger partial charge in [-0.3, -0.25) is 0 Å². The molecule has 2 rings (SSSR count). The van der Waals surface area contributed by atoms with Crippen molar-refractivity contribution in [2.75, 3.05) is 20.3 Å². The van der Waals surface area contributed by atoms with E-state index in [4.69, 9.17) is 9.47 Å². The van der Waals surface area contributed by atoms with Crippen LogP contribution < -0.4 is 14.8 Å². The molecule has 0 radical (unpaired) electrons. The number of para-hydroxylation sites is 1. The zero-order chi connectivity index (χ0) is 15.1. The fourth-order valence-electron chi connectivity index (χ4n) is 2.14. The number of benzene rings is 2. The van der Waals surface area contributed by atoms with Gasteiger partial charge in [-0.2, -0.15) is 0 Å². The van der Waals surface area contributed by atoms with E-state index in [1.165, 1.54) is 0 Å². The van der Waals surface area contributed by atoms with Gasteiger partial charge < -0.3 is 14.8 Å². The van der Waals surface area contributed by atoms with Gasteiger partial charge in [0, 0.05) is 22.6 Å². The third-order valence-electron chi connectivity index (χ3n) is 3.22. The molecule has 0 unspecified atom stereocenters. The largest absolute Gasteiger partial charge is 0.496 e. The molecular weight excluding hydrogens is 330 g/mol. The number of hydrogen-bond donors (Lipinski definition) is 1. The molecule has 112 valence electrons. The maximum Gasteiger partial charge on any atom is 0.123 e. The Morgan fingerprint density at radius 2 is 1.95 bits per heavy atom. The van der Waals surface area contributed by atoms with E-state index >= 15 is 0 Å². The number of halogens is 1. The van der Waals surface area contributed by atoms with E-state index < -0.39 is 0 Å². The van der Waals surface area contributed by atoms with E-state index in [0.717, 1.165) is 28.1 Å². The summed E-state index contributed by atoms with van der Waals surface area (Å²) in [5.41, 5.74) is 1.16. The molecule has 0 aliphatic heterocycles. The quantitative estimate of drug-likeness (QED) is 0.760. The fourth-order valence-corrected chi connectivity index (χ4v) is 2.51. The topological polar surface area (TPSA) is 30.5 Å². The number of nitrogens with one attached hydrogen (secondary N) is 1. The van der Waals surface area contributed by atoms with Crippen molar-refractivity contribution in [2.24, 2.45) is 0 Å². The second kappa shape index (κ2) is 8.05. The van der Waals surface area contributed by atoms with Gasteiger partial charge in [0.15, 0.2) is 0 Å². The van der Waals surface area contributed by atoms with E-state index in [-0.39, 0.29) is 6.04 Å². The molecule has 21 heavy (non-hydrogen) atoms. The lowest BCUT2D eigenvalue weighted by Crippen LogP contribution is -2.24. The molecule has 0 saturated heterocycles. The minimum Gasteiger partial charge on any atom is -0.496 e. The van der Waals surface area contributed by atoms with Crippen molar-refractivity contribution in [3.05, 3.63) is 58.6 Å². The molecule has 2 aromatic rings. The van der Waals surface area contributed by atoms with Crippen LogP contribution in [-0.2, 0) is 0 Å². The van der Waals surface area contributed by atoms with E-state index in [2.05, 4.69) is 34.2 Å². The molecule has 0 spiro atoms. The first-order valence-corrected chi connectivity index (χ1v) is 7.74. The highest BCUT2D eigenvalue weighted by Crippen LogP contribution is 2.24. The number of methoxy groups -OCH3 is 1. The summed E-state index contributed by atoms with van der Waals surface area (Å²) in [4.78, 5) is 0. The first kappa shape index (κ1) is 15.9. The Morgan fingerprint density at radius 1 is 1.14 bits per heavy atom. The van der Waals surface area contributed by atoms with E-state index in [9.17, 15) is 0 Å². The van der Waals surface area contributed by atoms with Crippen molar-refractivity contribution >= 4 is 15.9 Å². The Labute approximate surface area is 134 Å². The van der Waals surface area contributed by atoms with Crippen LogP contribution >= 0.6 is 15.9 Å². The first-order chi connectivity index (χ1) is 10.2. The summed E-state index contributed by atoms with van der Waals surface area (Å²) < 4.78 is 12.1. The second-order valence-electron chi connectivity index (χ2n) is 4.72. The fraction of sp³-hybridized carbons (Fsp3) is 0.294. The van der Waals surface area contributed by atoms with Crippen molar-refractivity contribution in [1.29, 1.82) is 0 Å². The van der Waals surface area contributed by atoms with Gasteiger partial charge in [-0.05, 0) is 31.2 Å². The normalized spacial score (nSPS) is 12.0. The summed E-state index contributed by atoms with van der Waals surface area (Å²) >= 11 is 3.43. The van der Waals surface area contributed by atoms with Gasteiger partial charge >= 0.3 is 0 Å². The smallest absolute Gasteiger partial charge is 0.123 e. The minimum atomic E-state index is 0.215. The van der Waals surface area contributed by atoms with Gasteiger partial charge in [-0.1, -0.05) is 40.2 Å². The predicted octanol–water partition coefficient (Wildman–Crippen LogP) is 4.19. The highest BCUT2D eigenvalue weighted by atomic mass is 79.9. The molecule has 0 bridgehead atoms. The minimum absolute atomic E-state index is 0.215. The van der Waals surface area contributed by atoms with Gasteiger partial charge in [0.05, 0.1) is 7.11 Å². The van der Waals surface area contributed by atoms with Crippen molar-refractivity contribution in [1.82, 2.24) is 5.32 Å². The molecule has 1 N–H and O–H groups in total. The van der Waals surface area contributed by atoms with E-state index in [1.807, 2.05) is 42.5 Å². The molecule has 0 aliphatic rings. The van der Waals surface area contributed by atoms with Crippen LogP contribution in [-0.4, -0.2) is 20.3 Å². The Balaban J connectivity index is 1.80. The molecule has 0 aromatic heterocycles. The maximum atomic E-state index is 5.71. The molecule has 1 atom stereocenters. The van der Waals surface area contributed by atoms with Crippen LogP contribution in [0.25, 0.3) is 0 Å². The van der Waals surface area contributed by atoms with Crippen LogP contribution in [0.4, 0.5) is 0 Å². The van der Waals surface area contributed by atoms with Gasteiger partial charge in [0.1, 0.15) is 18.1 Å². The lowest BCUT2D eigenvalue weighted by atomic mass is 10.1. The monoisotopic (exact) mass is 349 g/mol. The van der Waals surface area contributed by atoms with Crippen LogP contribution in [0, 0.1) is 0 Å². The molecule has 4 heteroatoms. The third-order valence-corrected chi connectivity index (χ3v) is 3.72. The highest BCUT2D eigenvalue weighted by molar-refractivity contribution is 9.10. The van der Waals surface area contributed by atoms with Crippen molar-refractivity contribution < 1.29 is 9.47 Å². The van der Waals surface area contributed by atoms with Crippen molar-refractivity contribution in [2.45, 2.75) is 13.0 Å². The molecule has 0 saturated carbocycles. The maximum absolute atomic E-state index is 5.71. The average Bonchev–Trinajstić information content (AvgIpc) is 2.51. The van der Waals surface area contributed by atoms with Gasteiger partial charge in [-0.15, -0.1) is 0 Å². The Morgan fingerprint density at radius 3 is 2.71 bits per heavy atom. The summed E-state index contributed by atoms with van der Waals surface area (Å²) in [6.45, 7) is 3.51. The number of hydrogen-bond acceptors (Lipinski definition) is 3. The summed E-state index contributed by atoms with van der Waals surface area (Å²) in [5, 5.41) is 3.44. The Kier molecular flexibility index (Phi) is 6.08. The lowest BCUT2D eigenvalue weighted by molar-refractivity contribution is 0.306. The Hall–Kier alpha value is -1.52. The van der Waals surface area contributed by atoms with Crippen LogP contribution in [0.3, 0.4) is 0 Å². The highest BCUT2D eigenvalue weighted by Gasteiger charge is 2.09. The zero-order valence-corrected chi connectivity index (χ0v) is 13.9. The molecule has 0 aliphatic carbocycles. The second-order valence-corrected chi connectivity index (χ2v) is 5.64. The third kappa shape index (κ3) is 4.76. The van der Waals surface area contributed by atoms with E-state index in [0.29, 0.717) is 6.61 Å². The zero-order valence-electron chi connectivity index (χ0n) is 12.3. The number of ether oxygens (including phenoxy) is 2. The lowest BCUT2D eigenvalue weighted by Gasteiger charge is -2.17. The van der Waals surface area contributed by atoms with Gasteiger partial charge in [-0.25, -0.2) is 0 Å². The molecule has 2 aromatic carbocycles. The van der Waals surface area contributed by atoms with Crippen LogP contribution in [0.15, 0.2) is 53.0 Å². The molecule has 0 fully saturated rings. The Bertz CT molecular complexity index is 574. The SMILES string of the molecule is COc1ccccc1[C@H](C)NCCOc1cccc(Br)c1. The standard InChI is InChI=1S/C17H20BrNO2/c1-13(16-8-3-4-9-17(16)20-2)19-10-11-21-15-7-5-6-14(18)12-15/h3-9,12-13,19H,10-11H2,1-2H3/t13-/m0/s1. The number of rotatable bonds is 7. The predicted molar refractivity (Wildman–Crippen MR) is 89.0 cm³/mol. The van der Waals surface area contributed by atoms with Crippen molar-refractivity contribution in [3.8, 4) is 11.5 Å².